The summed E-state index contributed by atoms with van der Waals surface area (Å²) in [6.07, 6.45) is 9.16. The third-order valence-electron chi connectivity index (χ3n) is 5.26. The van der Waals surface area contributed by atoms with Gasteiger partial charge in [0.25, 0.3) is 0 Å². The number of carbonyl (C=O) groups is 1. The molecule has 0 unspecified atom stereocenters. The van der Waals surface area contributed by atoms with Crippen molar-refractivity contribution in [1.82, 2.24) is 4.90 Å². The summed E-state index contributed by atoms with van der Waals surface area (Å²) >= 11 is 0. The van der Waals surface area contributed by atoms with Gasteiger partial charge in [0.2, 0.25) is 5.91 Å². The Morgan fingerprint density at radius 2 is 1.68 bits per heavy atom. The lowest BCUT2D eigenvalue weighted by Gasteiger charge is -2.29. The van der Waals surface area contributed by atoms with Gasteiger partial charge in [-0.3, -0.25) is 9.69 Å². The van der Waals surface area contributed by atoms with Crippen LogP contribution in [-0.2, 0) is 4.79 Å². The fourth-order valence-electron chi connectivity index (χ4n) is 3.75. The molecule has 3 rings (SSSR count). The monoisotopic (exact) mass is 346 g/mol. The van der Waals surface area contributed by atoms with E-state index < -0.39 is 0 Å². The number of hydrogen-bond acceptors (Lipinski definition) is 4. The summed E-state index contributed by atoms with van der Waals surface area (Å²) in [6, 6.07) is 6.05. The Balaban J connectivity index is 1.58. The maximum absolute atomic E-state index is 12.6. The summed E-state index contributed by atoms with van der Waals surface area (Å²) in [5, 5.41) is 3.00. The molecule has 1 aromatic carbocycles. The van der Waals surface area contributed by atoms with Crippen LogP contribution in [0.5, 0.6) is 11.5 Å². The Morgan fingerprint density at radius 3 is 2.24 bits per heavy atom. The van der Waals surface area contributed by atoms with Gasteiger partial charge in [-0.25, -0.2) is 0 Å². The number of hydrogen-bond donors (Lipinski definition) is 1. The number of carbonyl (C=O) groups excluding carboxylic acids is 1. The number of anilines is 1. The molecule has 2 aliphatic carbocycles. The zero-order valence-electron chi connectivity index (χ0n) is 15.4. The summed E-state index contributed by atoms with van der Waals surface area (Å²) in [5.74, 6) is 2.16. The van der Waals surface area contributed by atoms with Crippen LogP contribution in [0.25, 0.3) is 0 Å². The Bertz CT molecular complexity index is 558. The molecule has 2 aliphatic rings. The number of methoxy groups -OCH3 is 2. The van der Waals surface area contributed by atoms with Gasteiger partial charge in [-0.05, 0) is 31.6 Å². The van der Waals surface area contributed by atoms with Crippen molar-refractivity contribution < 1.29 is 14.3 Å². The van der Waals surface area contributed by atoms with Crippen LogP contribution in [0.1, 0.15) is 44.9 Å². The normalized spacial score (nSPS) is 18.2. The average Bonchev–Trinajstić information content (AvgIpc) is 3.46. The largest absolute Gasteiger partial charge is 0.497 e. The van der Waals surface area contributed by atoms with Crippen LogP contribution in [0.15, 0.2) is 18.2 Å². The number of benzene rings is 1. The van der Waals surface area contributed by atoms with E-state index >= 15 is 0 Å². The molecule has 0 saturated heterocycles. The van der Waals surface area contributed by atoms with E-state index in [1.165, 1.54) is 44.9 Å². The molecule has 5 nitrogen and oxygen atoms in total. The third kappa shape index (κ3) is 5.36. The second kappa shape index (κ2) is 8.56. The Kier molecular flexibility index (Phi) is 6.19. The molecule has 2 saturated carbocycles. The van der Waals surface area contributed by atoms with Crippen molar-refractivity contribution in [1.29, 1.82) is 0 Å². The maximum atomic E-state index is 12.6. The highest BCUT2D eigenvalue weighted by atomic mass is 16.5. The zero-order valence-corrected chi connectivity index (χ0v) is 15.4. The first kappa shape index (κ1) is 18.1. The van der Waals surface area contributed by atoms with E-state index in [2.05, 4.69) is 10.2 Å². The van der Waals surface area contributed by atoms with Crippen molar-refractivity contribution in [2.24, 2.45) is 5.92 Å². The summed E-state index contributed by atoms with van der Waals surface area (Å²) in [4.78, 5) is 15.0. The molecule has 138 valence electrons. The van der Waals surface area contributed by atoms with E-state index in [1.807, 2.05) is 12.1 Å². The average molecular weight is 346 g/mol. The van der Waals surface area contributed by atoms with Gasteiger partial charge >= 0.3 is 0 Å². The van der Waals surface area contributed by atoms with Gasteiger partial charge in [-0.1, -0.05) is 19.3 Å². The van der Waals surface area contributed by atoms with Crippen LogP contribution in [0, 0.1) is 5.92 Å². The number of nitrogens with zero attached hydrogens (tertiary/aromatic N) is 1. The molecule has 2 fully saturated rings. The summed E-state index contributed by atoms with van der Waals surface area (Å²) in [6.45, 7) is 1.54. The Morgan fingerprint density at radius 1 is 1.04 bits per heavy atom. The van der Waals surface area contributed by atoms with Gasteiger partial charge in [0, 0.05) is 36.5 Å². The second-order valence-electron chi connectivity index (χ2n) is 7.31. The molecule has 1 aromatic rings. The van der Waals surface area contributed by atoms with Crippen LogP contribution >= 0.6 is 0 Å². The lowest BCUT2D eigenvalue weighted by Crippen LogP contribution is -2.38. The van der Waals surface area contributed by atoms with E-state index in [4.69, 9.17) is 9.47 Å². The minimum absolute atomic E-state index is 0.0398. The summed E-state index contributed by atoms with van der Waals surface area (Å²) in [5.41, 5.74) is 0.717. The predicted molar refractivity (Wildman–Crippen MR) is 99.3 cm³/mol. The van der Waals surface area contributed by atoms with E-state index in [0.717, 1.165) is 18.2 Å². The standard InChI is InChI=1S/C20H30N2O3/c1-24-18-10-16(11-19(12-18)25-2)21-20(23)14-22(17-8-9-17)13-15-6-4-3-5-7-15/h10-12,15,17H,3-9,13-14H2,1-2H3,(H,21,23). The predicted octanol–water partition coefficient (Wildman–Crippen LogP) is 3.69. The number of nitrogens with one attached hydrogen (secondary N) is 1. The highest BCUT2D eigenvalue weighted by Crippen LogP contribution is 2.31. The van der Waals surface area contributed by atoms with E-state index in [9.17, 15) is 4.79 Å². The first-order valence-electron chi connectivity index (χ1n) is 9.45. The van der Waals surface area contributed by atoms with Gasteiger partial charge in [0.1, 0.15) is 11.5 Å². The third-order valence-corrected chi connectivity index (χ3v) is 5.26. The highest BCUT2D eigenvalue weighted by molar-refractivity contribution is 5.92. The molecule has 0 aliphatic heterocycles. The van der Waals surface area contributed by atoms with Crippen molar-refractivity contribution >= 4 is 11.6 Å². The fraction of sp³-hybridized carbons (Fsp3) is 0.650. The maximum Gasteiger partial charge on any atom is 0.238 e. The van der Waals surface area contributed by atoms with Crippen molar-refractivity contribution in [3.05, 3.63) is 18.2 Å². The van der Waals surface area contributed by atoms with Crippen LogP contribution in [0.2, 0.25) is 0 Å². The highest BCUT2D eigenvalue weighted by Gasteiger charge is 2.32. The van der Waals surface area contributed by atoms with Crippen molar-refractivity contribution in [3.63, 3.8) is 0 Å². The lowest BCUT2D eigenvalue weighted by molar-refractivity contribution is -0.117. The number of amides is 1. The van der Waals surface area contributed by atoms with Crippen molar-refractivity contribution in [2.75, 3.05) is 32.6 Å². The molecule has 0 heterocycles. The molecule has 1 amide bonds. The smallest absolute Gasteiger partial charge is 0.238 e. The zero-order chi connectivity index (χ0) is 17.6. The molecule has 25 heavy (non-hydrogen) atoms. The summed E-state index contributed by atoms with van der Waals surface area (Å²) in [7, 11) is 3.22. The Labute approximate surface area is 150 Å². The van der Waals surface area contributed by atoms with Crippen molar-refractivity contribution in [2.45, 2.75) is 51.0 Å². The van der Waals surface area contributed by atoms with Crippen LogP contribution in [0.3, 0.4) is 0 Å². The molecule has 0 radical (unpaired) electrons. The second-order valence-corrected chi connectivity index (χ2v) is 7.31. The molecule has 0 bridgehead atoms. The van der Waals surface area contributed by atoms with Gasteiger partial charge in [-0.15, -0.1) is 0 Å². The van der Waals surface area contributed by atoms with Crippen LogP contribution in [-0.4, -0.2) is 44.2 Å². The fourth-order valence-corrected chi connectivity index (χ4v) is 3.75. The van der Waals surface area contributed by atoms with E-state index in [1.54, 1.807) is 20.3 Å². The minimum atomic E-state index is 0.0398. The molecule has 5 heteroatoms. The van der Waals surface area contributed by atoms with Crippen LogP contribution in [0.4, 0.5) is 5.69 Å². The molecule has 1 N–H and O–H groups in total. The van der Waals surface area contributed by atoms with Crippen LogP contribution < -0.4 is 14.8 Å². The van der Waals surface area contributed by atoms with Gasteiger partial charge in [0.05, 0.1) is 20.8 Å². The molecular weight excluding hydrogens is 316 g/mol. The first-order valence-corrected chi connectivity index (χ1v) is 9.45. The summed E-state index contributed by atoms with van der Waals surface area (Å²) < 4.78 is 10.5. The lowest BCUT2D eigenvalue weighted by atomic mass is 9.89. The van der Waals surface area contributed by atoms with Gasteiger partial charge in [0.15, 0.2) is 0 Å². The minimum Gasteiger partial charge on any atom is -0.497 e. The van der Waals surface area contributed by atoms with Gasteiger partial charge in [-0.2, -0.15) is 0 Å². The first-order chi connectivity index (χ1) is 12.2. The molecule has 0 spiro atoms. The van der Waals surface area contributed by atoms with E-state index in [-0.39, 0.29) is 5.91 Å². The Hall–Kier alpha value is -1.75. The van der Waals surface area contributed by atoms with Crippen molar-refractivity contribution in [3.8, 4) is 11.5 Å². The quantitative estimate of drug-likeness (QED) is 0.780. The molecular formula is C20H30N2O3. The molecule has 0 atom stereocenters. The number of rotatable bonds is 8. The number of ether oxygens (including phenoxy) is 2. The SMILES string of the molecule is COc1cc(NC(=O)CN(CC2CCCCC2)C2CC2)cc(OC)c1. The molecule has 0 aromatic heterocycles. The topological polar surface area (TPSA) is 50.8 Å². The van der Waals surface area contributed by atoms with E-state index in [0.29, 0.717) is 24.1 Å². The van der Waals surface area contributed by atoms with Gasteiger partial charge < -0.3 is 14.8 Å².